The van der Waals surface area contributed by atoms with Crippen LogP contribution in [0.1, 0.15) is 5.56 Å². The molecule has 2 amide bonds. The molecule has 38 heavy (non-hydrogen) atoms. The van der Waals surface area contributed by atoms with Crippen molar-refractivity contribution in [3.8, 4) is 45.4 Å². The van der Waals surface area contributed by atoms with E-state index in [-0.39, 0.29) is 5.75 Å². The van der Waals surface area contributed by atoms with Crippen LogP contribution in [0.15, 0.2) is 71.4 Å². The number of aromatic hydroxyl groups is 1. The lowest BCUT2D eigenvalue weighted by Gasteiger charge is -2.21. The first-order valence-electron chi connectivity index (χ1n) is 11.7. The Balaban J connectivity index is 1.56. The highest BCUT2D eigenvalue weighted by molar-refractivity contribution is 5.91. The maximum atomic E-state index is 12.9. The van der Waals surface area contributed by atoms with Gasteiger partial charge in [-0.1, -0.05) is 29.4 Å². The molecule has 1 heterocycles. The molecule has 0 bridgehead atoms. The molecule has 4 rings (SSSR count). The molecule has 0 saturated heterocycles. The summed E-state index contributed by atoms with van der Waals surface area (Å²) in [5, 5.41) is 17.7. The molecule has 0 aliphatic rings. The number of benzene rings is 3. The van der Waals surface area contributed by atoms with Crippen LogP contribution in [0.25, 0.3) is 22.4 Å². The van der Waals surface area contributed by atoms with Crippen molar-refractivity contribution in [3.05, 3.63) is 72.5 Å². The number of ether oxygens (including phenoxy) is 3. The SMILES string of the molecule is COc1cc(-c2nocc2-c2cccc(N(OC)C(=O)NCCc3ccc(O)cc3)c2)cc(OC)c1OC. The first kappa shape index (κ1) is 26.4. The van der Waals surface area contributed by atoms with E-state index in [2.05, 4.69) is 10.5 Å². The molecule has 0 atom stereocenters. The number of anilines is 1. The lowest BCUT2D eigenvalue weighted by atomic mass is 10.0. The van der Waals surface area contributed by atoms with Crippen molar-refractivity contribution in [2.75, 3.05) is 40.0 Å². The fourth-order valence-electron chi connectivity index (χ4n) is 4.02. The second-order valence-corrected chi connectivity index (χ2v) is 8.17. The number of aromatic nitrogens is 1. The number of nitrogens with one attached hydrogen (secondary N) is 1. The van der Waals surface area contributed by atoms with Gasteiger partial charge in [-0.25, -0.2) is 4.79 Å². The van der Waals surface area contributed by atoms with E-state index in [1.807, 2.05) is 24.3 Å². The smallest absolute Gasteiger partial charge is 0.346 e. The van der Waals surface area contributed by atoms with Crippen molar-refractivity contribution in [3.63, 3.8) is 0 Å². The number of amides is 2. The zero-order valence-electron chi connectivity index (χ0n) is 21.6. The summed E-state index contributed by atoms with van der Waals surface area (Å²) in [7, 11) is 6.05. The molecule has 1 aromatic heterocycles. The van der Waals surface area contributed by atoms with Crippen molar-refractivity contribution in [1.82, 2.24) is 10.5 Å². The van der Waals surface area contributed by atoms with Crippen LogP contribution in [0.5, 0.6) is 23.0 Å². The molecule has 0 saturated carbocycles. The van der Waals surface area contributed by atoms with Gasteiger partial charge in [-0.15, -0.1) is 0 Å². The summed E-state index contributed by atoms with van der Waals surface area (Å²) in [4.78, 5) is 18.3. The lowest BCUT2D eigenvalue weighted by molar-refractivity contribution is 0.163. The number of hydroxylamine groups is 1. The number of methoxy groups -OCH3 is 3. The van der Waals surface area contributed by atoms with Gasteiger partial charge in [0.2, 0.25) is 5.75 Å². The average molecular weight is 520 g/mol. The molecule has 0 spiro atoms. The quantitative estimate of drug-likeness (QED) is 0.279. The predicted octanol–water partition coefficient (Wildman–Crippen LogP) is 5.06. The largest absolute Gasteiger partial charge is 0.508 e. The van der Waals surface area contributed by atoms with E-state index >= 15 is 0 Å². The molecular formula is C28H29N3O7. The highest BCUT2D eigenvalue weighted by atomic mass is 16.7. The third kappa shape index (κ3) is 5.65. The van der Waals surface area contributed by atoms with E-state index in [0.29, 0.717) is 52.7 Å². The number of rotatable bonds is 10. The highest BCUT2D eigenvalue weighted by Gasteiger charge is 2.21. The van der Waals surface area contributed by atoms with Gasteiger partial charge in [0.15, 0.2) is 11.5 Å². The van der Waals surface area contributed by atoms with Crippen LogP contribution in [-0.2, 0) is 11.3 Å². The minimum absolute atomic E-state index is 0.199. The summed E-state index contributed by atoms with van der Waals surface area (Å²) in [6, 6.07) is 17.3. The number of carbonyl (C=O) groups excluding carboxylic acids is 1. The number of urea groups is 1. The number of phenolic OH excluding ortho intramolecular Hbond substituents is 1. The van der Waals surface area contributed by atoms with Gasteiger partial charge >= 0.3 is 6.03 Å². The third-order valence-corrected chi connectivity index (χ3v) is 5.89. The van der Waals surface area contributed by atoms with E-state index in [1.165, 1.54) is 25.5 Å². The van der Waals surface area contributed by atoms with Gasteiger partial charge in [0.1, 0.15) is 17.7 Å². The van der Waals surface area contributed by atoms with Crippen LogP contribution < -0.4 is 24.6 Å². The van der Waals surface area contributed by atoms with Crippen molar-refractivity contribution in [2.45, 2.75) is 6.42 Å². The minimum atomic E-state index is -0.418. The number of hydrogen-bond acceptors (Lipinski definition) is 8. The molecule has 10 nitrogen and oxygen atoms in total. The van der Waals surface area contributed by atoms with Crippen molar-refractivity contribution < 1.29 is 33.5 Å². The molecule has 2 N–H and O–H groups in total. The van der Waals surface area contributed by atoms with Crippen LogP contribution in [-0.4, -0.2) is 51.3 Å². The Labute approximate surface area is 220 Å². The Morgan fingerprint density at radius 2 is 1.66 bits per heavy atom. The van der Waals surface area contributed by atoms with Crippen molar-refractivity contribution >= 4 is 11.7 Å². The normalized spacial score (nSPS) is 10.6. The fourth-order valence-corrected chi connectivity index (χ4v) is 4.02. The highest BCUT2D eigenvalue weighted by Crippen LogP contribution is 2.43. The van der Waals surface area contributed by atoms with Crippen LogP contribution in [0.3, 0.4) is 0 Å². The van der Waals surface area contributed by atoms with E-state index in [1.54, 1.807) is 50.6 Å². The van der Waals surface area contributed by atoms with Gasteiger partial charge in [0.05, 0.1) is 34.1 Å². The Morgan fingerprint density at radius 3 is 2.29 bits per heavy atom. The number of nitrogens with zero attached hydrogens (tertiary/aromatic N) is 2. The fraction of sp³-hybridized carbons (Fsp3) is 0.214. The Morgan fingerprint density at radius 1 is 0.947 bits per heavy atom. The molecule has 0 radical (unpaired) electrons. The summed E-state index contributed by atoms with van der Waals surface area (Å²) >= 11 is 0. The Bertz CT molecular complexity index is 1360. The van der Waals surface area contributed by atoms with E-state index < -0.39 is 6.03 Å². The molecule has 0 aliphatic carbocycles. The van der Waals surface area contributed by atoms with E-state index in [9.17, 15) is 9.90 Å². The van der Waals surface area contributed by atoms with Gasteiger partial charge in [0.25, 0.3) is 0 Å². The van der Waals surface area contributed by atoms with Crippen LogP contribution in [0.2, 0.25) is 0 Å². The average Bonchev–Trinajstić information content (AvgIpc) is 3.44. The number of phenols is 1. The molecule has 0 fully saturated rings. The summed E-state index contributed by atoms with van der Waals surface area (Å²) in [5.41, 5.74) is 4.22. The van der Waals surface area contributed by atoms with Crippen molar-refractivity contribution in [2.24, 2.45) is 0 Å². The first-order valence-corrected chi connectivity index (χ1v) is 11.7. The lowest BCUT2D eigenvalue weighted by Crippen LogP contribution is -2.40. The molecular weight excluding hydrogens is 490 g/mol. The minimum Gasteiger partial charge on any atom is -0.508 e. The first-order chi connectivity index (χ1) is 18.5. The van der Waals surface area contributed by atoms with Gasteiger partial charge in [-0.05, 0) is 53.9 Å². The summed E-state index contributed by atoms with van der Waals surface area (Å²) in [6.07, 6.45) is 2.13. The molecule has 198 valence electrons. The van der Waals surface area contributed by atoms with Crippen LogP contribution in [0.4, 0.5) is 10.5 Å². The van der Waals surface area contributed by atoms with E-state index in [0.717, 1.165) is 11.1 Å². The zero-order chi connectivity index (χ0) is 27.1. The number of carbonyl (C=O) groups is 1. The number of hydrogen-bond donors (Lipinski definition) is 2. The van der Waals surface area contributed by atoms with Crippen LogP contribution in [0, 0.1) is 0 Å². The van der Waals surface area contributed by atoms with Gasteiger partial charge in [-0.2, -0.15) is 5.06 Å². The summed E-state index contributed by atoms with van der Waals surface area (Å²) < 4.78 is 21.7. The zero-order valence-corrected chi connectivity index (χ0v) is 21.6. The standard InChI is InChI=1S/C28H29N3O7/c1-34-24-15-20(16-25(35-2)27(24)36-3)26-23(17-38-30-26)19-6-5-7-21(14-19)31(37-4)28(33)29-13-12-18-8-10-22(32)11-9-18/h5-11,14-17,32H,12-13H2,1-4H3,(H,29,33). The summed E-state index contributed by atoms with van der Waals surface area (Å²) in [5.74, 6) is 1.64. The maximum Gasteiger partial charge on any atom is 0.346 e. The third-order valence-electron chi connectivity index (χ3n) is 5.89. The second-order valence-electron chi connectivity index (χ2n) is 8.17. The Hall–Kier alpha value is -4.70. The monoisotopic (exact) mass is 519 g/mol. The van der Waals surface area contributed by atoms with Crippen LogP contribution >= 0.6 is 0 Å². The topological polar surface area (TPSA) is 116 Å². The predicted molar refractivity (Wildman–Crippen MR) is 142 cm³/mol. The van der Waals surface area contributed by atoms with Gasteiger partial charge < -0.3 is 29.2 Å². The molecule has 0 unspecified atom stereocenters. The Kier molecular flexibility index (Phi) is 8.34. The molecule has 4 aromatic rings. The van der Waals surface area contributed by atoms with Gasteiger partial charge in [-0.3, -0.25) is 4.84 Å². The van der Waals surface area contributed by atoms with Crippen molar-refractivity contribution in [1.29, 1.82) is 0 Å². The maximum absolute atomic E-state index is 12.9. The summed E-state index contributed by atoms with van der Waals surface area (Å²) in [6.45, 7) is 0.389. The molecule has 3 aromatic carbocycles. The van der Waals surface area contributed by atoms with E-state index in [4.69, 9.17) is 23.6 Å². The molecule has 10 heteroatoms. The molecule has 0 aliphatic heterocycles. The van der Waals surface area contributed by atoms with Gasteiger partial charge in [0, 0.05) is 17.7 Å². The second kappa shape index (κ2) is 12.0.